The summed E-state index contributed by atoms with van der Waals surface area (Å²) in [6.07, 6.45) is 1.06. The van der Waals surface area contributed by atoms with Crippen LogP contribution in [0.25, 0.3) is 0 Å². The average molecular weight is 332 g/mol. The Bertz CT molecular complexity index is 593. The third kappa shape index (κ3) is 3.52. The minimum absolute atomic E-state index is 0.212. The number of nitrogens with zero attached hydrogens (tertiary/aromatic N) is 1. The fraction of sp³-hybridized carbons (Fsp3) is 0.600. The van der Waals surface area contributed by atoms with E-state index >= 15 is 0 Å². The van der Waals surface area contributed by atoms with E-state index in [9.17, 15) is 8.42 Å². The van der Waals surface area contributed by atoms with Crippen molar-refractivity contribution in [1.29, 1.82) is 0 Å². The highest BCUT2D eigenvalue weighted by atomic mass is 35.5. The molecule has 118 valence electrons. The number of alkyl halides is 1. The standard InChI is InChI=1S/C15H22ClNO3S/c1-11-6-12(2)10-17(9-11)21(18,19)15-7-13(8-16)4-5-14(15)20-3/h4-5,7,11-12H,6,8-10H2,1-3H3. The summed E-state index contributed by atoms with van der Waals surface area (Å²) < 4.78 is 32.7. The minimum Gasteiger partial charge on any atom is -0.495 e. The summed E-state index contributed by atoms with van der Waals surface area (Å²) in [6.45, 7) is 5.29. The highest BCUT2D eigenvalue weighted by molar-refractivity contribution is 7.89. The predicted molar refractivity (Wildman–Crippen MR) is 84.3 cm³/mol. The molecular weight excluding hydrogens is 310 g/mol. The van der Waals surface area contributed by atoms with Gasteiger partial charge in [-0.2, -0.15) is 4.31 Å². The maximum Gasteiger partial charge on any atom is 0.246 e. The van der Waals surface area contributed by atoms with Crippen LogP contribution in [0.1, 0.15) is 25.8 Å². The zero-order valence-electron chi connectivity index (χ0n) is 12.7. The number of piperidine rings is 1. The number of hydrogen-bond donors (Lipinski definition) is 0. The second-order valence-electron chi connectivity index (χ2n) is 5.89. The van der Waals surface area contributed by atoms with E-state index in [1.54, 1.807) is 22.5 Å². The summed E-state index contributed by atoms with van der Waals surface area (Å²) in [5, 5.41) is 0. The zero-order valence-corrected chi connectivity index (χ0v) is 14.2. The summed E-state index contributed by atoms with van der Waals surface area (Å²) in [6, 6.07) is 5.07. The van der Waals surface area contributed by atoms with Gasteiger partial charge in [0.05, 0.1) is 7.11 Å². The molecule has 6 heteroatoms. The van der Waals surface area contributed by atoms with Crippen LogP contribution in [0.5, 0.6) is 5.75 Å². The lowest BCUT2D eigenvalue weighted by Gasteiger charge is -2.34. The molecule has 0 spiro atoms. The second-order valence-corrected chi connectivity index (χ2v) is 8.06. The van der Waals surface area contributed by atoms with E-state index in [1.807, 2.05) is 0 Å². The monoisotopic (exact) mass is 331 g/mol. The molecule has 0 aromatic heterocycles. The molecule has 0 radical (unpaired) electrons. The van der Waals surface area contributed by atoms with Crippen molar-refractivity contribution in [3.8, 4) is 5.75 Å². The van der Waals surface area contributed by atoms with Crippen molar-refractivity contribution in [3.63, 3.8) is 0 Å². The first-order valence-corrected chi connectivity index (χ1v) is 9.09. The molecule has 0 aliphatic carbocycles. The first kappa shape index (κ1) is 16.6. The van der Waals surface area contributed by atoms with Gasteiger partial charge in [0.1, 0.15) is 10.6 Å². The molecule has 1 fully saturated rings. The molecule has 1 aliphatic heterocycles. The molecule has 1 heterocycles. The van der Waals surface area contributed by atoms with Crippen LogP contribution in [0.15, 0.2) is 23.1 Å². The lowest BCUT2D eigenvalue weighted by Crippen LogP contribution is -2.42. The van der Waals surface area contributed by atoms with Crippen molar-refractivity contribution in [2.75, 3.05) is 20.2 Å². The SMILES string of the molecule is COc1ccc(CCl)cc1S(=O)(=O)N1CC(C)CC(C)C1. The van der Waals surface area contributed by atoms with Crippen LogP contribution in [-0.2, 0) is 15.9 Å². The van der Waals surface area contributed by atoms with E-state index in [4.69, 9.17) is 16.3 Å². The molecule has 2 atom stereocenters. The largest absolute Gasteiger partial charge is 0.495 e. The molecule has 1 aromatic rings. The average Bonchev–Trinajstić information content (AvgIpc) is 2.45. The Morgan fingerprint density at radius 2 is 1.90 bits per heavy atom. The highest BCUT2D eigenvalue weighted by Gasteiger charge is 2.33. The number of benzene rings is 1. The molecule has 0 N–H and O–H groups in total. The van der Waals surface area contributed by atoms with Gasteiger partial charge in [0, 0.05) is 19.0 Å². The van der Waals surface area contributed by atoms with Crippen LogP contribution < -0.4 is 4.74 Å². The number of methoxy groups -OCH3 is 1. The molecule has 0 amide bonds. The number of hydrogen-bond acceptors (Lipinski definition) is 3. The van der Waals surface area contributed by atoms with Gasteiger partial charge in [-0.3, -0.25) is 0 Å². The first-order chi connectivity index (χ1) is 9.88. The van der Waals surface area contributed by atoms with Crippen molar-refractivity contribution < 1.29 is 13.2 Å². The molecule has 21 heavy (non-hydrogen) atoms. The molecule has 0 saturated carbocycles. The number of sulfonamides is 1. The summed E-state index contributed by atoms with van der Waals surface area (Å²) in [4.78, 5) is 0.212. The number of halogens is 1. The molecule has 1 aromatic carbocycles. The summed E-state index contributed by atoms with van der Waals surface area (Å²) >= 11 is 5.83. The Balaban J connectivity index is 2.43. The molecule has 2 unspecified atom stereocenters. The van der Waals surface area contributed by atoms with Crippen molar-refractivity contribution in [3.05, 3.63) is 23.8 Å². The van der Waals surface area contributed by atoms with Crippen LogP contribution in [0.4, 0.5) is 0 Å². The molecule has 2 rings (SSSR count). The maximum atomic E-state index is 12.9. The van der Waals surface area contributed by atoms with E-state index < -0.39 is 10.0 Å². The van der Waals surface area contributed by atoms with Crippen LogP contribution >= 0.6 is 11.6 Å². The maximum absolute atomic E-state index is 12.9. The Morgan fingerprint density at radius 3 is 2.43 bits per heavy atom. The fourth-order valence-corrected chi connectivity index (χ4v) is 5.00. The van der Waals surface area contributed by atoms with E-state index in [-0.39, 0.29) is 10.8 Å². The Labute approximate surface area is 132 Å². The van der Waals surface area contributed by atoms with Gasteiger partial charge in [0.2, 0.25) is 10.0 Å². The molecule has 4 nitrogen and oxygen atoms in total. The van der Waals surface area contributed by atoms with Crippen LogP contribution in [0.2, 0.25) is 0 Å². The van der Waals surface area contributed by atoms with E-state index in [0.717, 1.165) is 12.0 Å². The lowest BCUT2D eigenvalue weighted by atomic mass is 9.94. The van der Waals surface area contributed by atoms with E-state index in [2.05, 4.69) is 13.8 Å². The fourth-order valence-electron chi connectivity index (χ4n) is 2.95. The van der Waals surface area contributed by atoms with Gasteiger partial charge in [0.25, 0.3) is 0 Å². The molecule has 0 bridgehead atoms. The van der Waals surface area contributed by atoms with Crippen molar-refractivity contribution in [1.82, 2.24) is 4.31 Å². The second kappa shape index (κ2) is 6.55. The van der Waals surface area contributed by atoms with Gasteiger partial charge in [0.15, 0.2) is 0 Å². The Kier molecular flexibility index (Phi) is 5.17. The van der Waals surface area contributed by atoms with Gasteiger partial charge in [-0.05, 0) is 36.0 Å². The third-order valence-corrected chi connectivity index (χ3v) is 6.00. The van der Waals surface area contributed by atoms with Crippen molar-refractivity contribution >= 4 is 21.6 Å². The molecule has 1 aliphatic rings. The van der Waals surface area contributed by atoms with Crippen LogP contribution in [0.3, 0.4) is 0 Å². The predicted octanol–water partition coefficient (Wildman–Crippen LogP) is 3.10. The minimum atomic E-state index is -3.55. The molecular formula is C15H22ClNO3S. The zero-order chi connectivity index (χ0) is 15.6. The van der Waals surface area contributed by atoms with Gasteiger partial charge < -0.3 is 4.74 Å². The topological polar surface area (TPSA) is 46.6 Å². The van der Waals surface area contributed by atoms with Gasteiger partial charge in [-0.1, -0.05) is 19.9 Å². The summed E-state index contributed by atoms with van der Waals surface area (Å²) in [5.41, 5.74) is 0.772. The van der Waals surface area contributed by atoms with Gasteiger partial charge in [-0.25, -0.2) is 8.42 Å². The van der Waals surface area contributed by atoms with E-state index in [0.29, 0.717) is 30.7 Å². The summed E-state index contributed by atoms with van der Waals surface area (Å²) in [7, 11) is -2.07. The summed E-state index contributed by atoms with van der Waals surface area (Å²) in [5.74, 6) is 1.38. The van der Waals surface area contributed by atoms with Crippen molar-refractivity contribution in [2.24, 2.45) is 11.8 Å². The number of ether oxygens (including phenoxy) is 1. The molecule has 1 saturated heterocycles. The smallest absolute Gasteiger partial charge is 0.246 e. The van der Waals surface area contributed by atoms with Crippen molar-refractivity contribution in [2.45, 2.75) is 31.0 Å². The number of rotatable bonds is 4. The third-order valence-electron chi connectivity index (χ3n) is 3.84. The van der Waals surface area contributed by atoms with Gasteiger partial charge >= 0.3 is 0 Å². The lowest BCUT2D eigenvalue weighted by molar-refractivity contribution is 0.222. The van der Waals surface area contributed by atoms with Crippen LogP contribution in [0, 0.1) is 11.8 Å². The highest BCUT2D eigenvalue weighted by Crippen LogP contribution is 2.32. The Morgan fingerprint density at radius 1 is 1.29 bits per heavy atom. The van der Waals surface area contributed by atoms with E-state index in [1.165, 1.54) is 7.11 Å². The first-order valence-electron chi connectivity index (χ1n) is 7.11. The van der Waals surface area contributed by atoms with Crippen LogP contribution in [-0.4, -0.2) is 32.9 Å². The normalized spacial score (nSPS) is 24.0. The quantitative estimate of drug-likeness (QED) is 0.796. The Hall–Kier alpha value is -0.780. The van der Waals surface area contributed by atoms with Gasteiger partial charge in [-0.15, -0.1) is 11.6 Å².